The Hall–Kier alpha value is -2.16. The van der Waals surface area contributed by atoms with Crippen molar-refractivity contribution < 1.29 is 4.79 Å². The molecule has 18 heavy (non-hydrogen) atoms. The van der Waals surface area contributed by atoms with Gasteiger partial charge in [0.2, 0.25) is 0 Å². The summed E-state index contributed by atoms with van der Waals surface area (Å²) in [5.41, 5.74) is 1.23. The SMILES string of the molecule is CC(C)(NC(=O)c1cccnc1)c1ccccc1. The third kappa shape index (κ3) is 2.74. The zero-order valence-electron chi connectivity index (χ0n) is 10.6. The predicted molar refractivity (Wildman–Crippen MR) is 71.2 cm³/mol. The summed E-state index contributed by atoms with van der Waals surface area (Å²) in [6.07, 6.45) is 3.22. The number of benzene rings is 1. The minimum atomic E-state index is -0.409. The molecule has 1 N–H and O–H groups in total. The highest BCUT2D eigenvalue weighted by Crippen LogP contribution is 2.19. The van der Waals surface area contributed by atoms with Crippen molar-refractivity contribution >= 4 is 5.91 Å². The summed E-state index contributed by atoms with van der Waals surface area (Å²) in [6, 6.07) is 13.4. The van der Waals surface area contributed by atoms with Crippen molar-refractivity contribution in [2.75, 3.05) is 0 Å². The van der Waals surface area contributed by atoms with E-state index in [-0.39, 0.29) is 5.91 Å². The molecule has 1 heterocycles. The van der Waals surface area contributed by atoms with Crippen LogP contribution in [0.25, 0.3) is 0 Å². The Morgan fingerprint density at radius 2 is 1.83 bits per heavy atom. The molecule has 0 fully saturated rings. The zero-order valence-corrected chi connectivity index (χ0v) is 10.6. The lowest BCUT2D eigenvalue weighted by molar-refractivity contribution is 0.0911. The van der Waals surface area contributed by atoms with Crippen molar-refractivity contribution in [2.45, 2.75) is 19.4 Å². The molecule has 0 aliphatic heterocycles. The van der Waals surface area contributed by atoms with Gasteiger partial charge in [0.25, 0.3) is 5.91 Å². The third-order valence-electron chi connectivity index (χ3n) is 2.85. The van der Waals surface area contributed by atoms with Crippen molar-refractivity contribution in [3.63, 3.8) is 0 Å². The van der Waals surface area contributed by atoms with Gasteiger partial charge in [0.15, 0.2) is 0 Å². The van der Waals surface area contributed by atoms with Crippen molar-refractivity contribution in [3.05, 3.63) is 66.0 Å². The molecular weight excluding hydrogens is 224 g/mol. The average Bonchev–Trinajstić information content (AvgIpc) is 2.40. The van der Waals surface area contributed by atoms with Crippen LogP contribution in [0.3, 0.4) is 0 Å². The van der Waals surface area contributed by atoms with Crippen LogP contribution in [0.4, 0.5) is 0 Å². The third-order valence-corrected chi connectivity index (χ3v) is 2.85. The van der Waals surface area contributed by atoms with Crippen LogP contribution >= 0.6 is 0 Å². The highest BCUT2D eigenvalue weighted by Gasteiger charge is 2.22. The number of hydrogen-bond donors (Lipinski definition) is 1. The fraction of sp³-hybridized carbons (Fsp3) is 0.200. The van der Waals surface area contributed by atoms with Gasteiger partial charge in [-0.15, -0.1) is 0 Å². The van der Waals surface area contributed by atoms with E-state index in [1.54, 1.807) is 24.5 Å². The maximum Gasteiger partial charge on any atom is 0.253 e. The number of pyridine rings is 1. The zero-order chi connectivity index (χ0) is 13.0. The van der Waals surface area contributed by atoms with E-state index >= 15 is 0 Å². The number of nitrogens with zero attached hydrogens (tertiary/aromatic N) is 1. The number of carbonyl (C=O) groups is 1. The maximum absolute atomic E-state index is 12.1. The first-order chi connectivity index (χ1) is 8.59. The highest BCUT2D eigenvalue weighted by molar-refractivity contribution is 5.94. The van der Waals surface area contributed by atoms with Crippen molar-refractivity contribution in [1.82, 2.24) is 10.3 Å². The van der Waals surface area contributed by atoms with Crippen LogP contribution in [0.2, 0.25) is 0 Å². The predicted octanol–water partition coefficient (Wildman–Crippen LogP) is 2.75. The lowest BCUT2D eigenvalue weighted by Crippen LogP contribution is -2.40. The molecule has 0 unspecified atom stereocenters. The minimum Gasteiger partial charge on any atom is -0.343 e. The Morgan fingerprint density at radius 3 is 2.44 bits per heavy atom. The molecule has 92 valence electrons. The first-order valence-electron chi connectivity index (χ1n) is 5.88. The van der Waals surface area contributed by atoms with Crippen LogP contribution in [-0.2, 0) is 5.54 Å². The molecular formula is C15H16N2O. The van der Waals surface area contributed by atoms with Gasteiger partial charge < -0.3 is 5.32 Å². The van der Waals surface area contributed by atoms with Crippen LogP contribution in [0.15, 0.2) is 54.9 Å². The number of amides is 1. The monoisotopic (exact) mass is 240 g/mol. The number of aromatic nitrogens is 1. The fourth-order valence-corrected chi connectivity index (χ4v) is 1.78. The Labute approximate surface area is 107 Å². The van der Waals surface area contributed by atoms with Crippen LogP contribution in [0, 0.1) is 0 Å². The molecule has 1 aromatic heterocycles. The van der Waals surface area contributed by atoms with Gasteiger partial charge in [-0.3, -0.25) is 9.78 Å². The largest absolute Gasteiger partial charge is 0.343 e. The van der Waals surface area contributed by atoms with Crippen molar-refractivity contribution in [2.24, 2.45) is 0 Å². The lowest BCUT2D eigenvalue weighted by atomic mass is 9.94. The summed E-state index contributed by atoms with van der Waals surface area (Å²) in [5.74, 6) is -0.114. The molecule has 0 aliphatic carbocycles. The molecule has 0 saturated carbocycles. The minimum absolute atomic E-state index is 0.114. The van der Waals surface area contributed by atoms with E-state index in [0.717, 1.165) is 5.56 Å². The van der Waals surface area contributed by atoms with E-state index < -0.39 is 5.54 Å². The Kier molecular flexibility index (Phi) is 3.42. The summed E-state index contributed by atoms with van der Waals surface area (Å²) in [5, 5.41) is 3.01. The maximum atomic E-state index is 12.1. The smallest absolute Gasteiger partial charge is 0.253 e. The fourth-order valence-electron chi connectivity index (χ4n) is 1.78. The van der Waals surface area contributed by atoms with Crippen molar-refractivity contribution in [3.8, 4) is 0 Å². The normalized spacial score (nSPS) is 11.0. The van der Waals surface area contributed by atoms with Gasteiger partial charge in [0, 0.05) is 12.4 Å². The quantitative estimate of drug-likeness (QED) is 0.896. The molecule has 0 saturated heterocycles. The summed E-state index contributed by atoms with van der Waals surface area (Å²) in [6.45, 7) is 3.97. The standard InChI is InChI=1S/C15H16N2O/c1-15(2,13-8-4-3-5-9-13)17-14(18)12-7-6-10-16-11-12/h3-11H,1-2H3,(H,17,18). The van der Waals surface area contributed by atoms with Gasteiger partial charge in [-0.25, -0.2) is 0 Å². The molecule has 1 amide bonds. The average molecular weight is 240 g/mol. The Bertz CT molecular complexity index is 521. The topological polar surface area (TPSA) is 42.0 Å². The molecule has 0 spiro atoms. The van der Waals surface area contributed by atoms with Gasteiger partial charge >= 0.3 is 0 Å². The van der Waals surface area contributed by atoms with E-state index in [0.29, 0.717) is 5.56 Å². The van der Waals surface area contributed by atoms with Gasteiger partial charge in [-0.1, -0.05) is 30.3 Å². The molecule has 0 radical (unpaired) electrons. The van der Waals surface area contributed by atoms with E-state index in [1.807, 2.05) is 44.2 Å². The van der Waals surface area contributed by atoms with Gasteiger partial charge in [-0.2, -0.15) is 0 Å². The first kappa shape index (κ1) is 12.3. The van der Waals surface area contributed by atoms with E-state index in [1.165, 1.54) is 0 Å². The summed E-state index contributed by atoms with van der Waals surface area (Å²) in [4.78, 5) is 16.0. The summed E-state index contributed by atoms with van der Waals surface area (Å²) < 4.78 is 0. The van der Waals surface area contributed by atoms with Crippen molar-refractivity contribution in [1.29, 1.82) is 0 Å². The van der Waals surface area contributed by atoms with E-state index in [4.69, 9.17) is 0 Å². The highest BCUT2D eigenvalue weighted by atomic mass is 16.1. The molecule has 0 atom stereocenters. The second-order valence-corrected chi connectivity index (χ2v) is 4.69. The molecule has 0 bridgehead atoms. The van der Waals surface area contributed by atoms with Crippen LogP contribution in [0.1, 0.15) is 29.8 Å². The summed E-state index contributed by atoms with van der Waals surface area (Å²) >= 11 is 0. The molecule has 1 aromatic carbocycles. The van der Waals surface area contributed by atoms with Gasteiger partial charge in [0.1, 0.15) is 0 Å². The number of carbonyl (C=O) groups excluding carboxylic acids is 1. The Morgan fingerprint density at radius 1 is 1.11 bits per heavy atom. The molecule has 0 aliphatic rings. The van der Waals surface area contributed by atoms with Crippen LogP contribution in [-0.4, -0.2) is 10.9 Å². The van der Waals surface area contributed by atoms with Crippen LogP contribution in [0.5, 0.6) is 0 Å². The number of nitrogens with one attached hydrogen (secondary N) is 1. The van der Waals surface area contributed by atoms with E-state index in [2.05, 4.69) is 10.3 Å². The van der Waals surface area contributed by atoms with E-state index in [9.17, 15) is 4.79 Å². The second kappa shape index (κ2) is 5.00. The van der Waals surface area contributed by atoms with Gasteiger partial charge in [0.05, 0.1) is 11.1 Å². The summed E-state index contributed by atoms with van der Waals surface area (Å²) in [7, 11) is 0. The molecule has 2 aromatic rings. The number of hydrogen-bond acceptors (Lipinski definition) is 2. The molecule has 2 rings (SSSR count). The molecule has 3 heteroatoms. The lowest BCUT2D eigenvalue weighted by Gasteiger charge is -2.26. The number of rotatable bonds is 3. The first-order valence-corrected chi connectivity index (χ1v) is 5.88. The van der Waals surface area contributed by atoms with Gasteiger partial charge in [-0.05, 0) is 31.5 Å². The second-order valence-electron chi connectivity index (χ2n) is 4.69. The Balaban J connectivity index is 2.17. The molecule has 3 nitrogen and oxygen atoms in total. The van der Waals surface area contributed by atoms with Crippen LogP contribution < -0.4 is 5.32 Å².